The van der Waals surface area contributed by atoms with Crippen molar-refractivity contribution < 1.29 is 59.3 Å². The van der Waals surface area contributed by atoms with Gasteiger partial charge in [0, 0.05) is 32.0 Å². The minimum absolute atomic E-state index is 0.165. The standard InChI is InChI=1S/C22H29N3O3S.2C2HF3O2/c1-17(2)15-24-12-9-19-20(10-13-24)28-21-7-3-4-8-22(21)29(26,27)25(19)16-18-6-5-11-23-14-18;2*3-2(4,5)1(6)7/h3-8,11,14,17,19-20H,9-10,12-13,15-16H2,1-2H3;2*(H,6,7)/t19-,20-;;/m0../s1. The molecule has 2 atom stereocenters. The van der Waals surface area contributed by atoms with Crippen molar-refractivity contribution in [3.05, 3.63) is 54.4 Å². The summed E-state index contributed by atoms with van der Waals surface area (Å²) in [5, 5.41) is 14.2. The van der Waals surface area contributed by atoms with E-state index in [2.05, 4.69) is 23.7 Å². The molecule has 10 nitrogen and oxygen atoms in total. The number of carboxylic acids is 2. The van der Waals surface area contributed by atoms with Crippen molar-refractivity contribution in [3.8, 4) is 5.75 Å². The molecule has 17 heteroatoms. The molecule has 1 saturated heterocycles. The fraction of sp³-hybridized carbons (Fsp3) is 0.500. The number of hydrogen-bond donors (Lipinski definition) is 2. The van der Waals surface area contributed by atoms with Crippen LogP contribution in [-0.4, -0.2) is 88.9 Å². The molecule has 240 valence electrons. The SMILES string of the molecule is CC(C)CN1CC[C@@H]2Oc3ccccc3S(=O)(=O)N(Cc3cccnc3)[C@H]2CC1.O=C(O)C(F)(F)F.O=C(O)C(F)(F)F. The minimum Gasteiger partial charge on any atom is -0.487 e. The number of nitrogens with zero attached hydrogens (tertiary/aromatic N) is 3. The molecule has 1 fully saturated rings. The number of pyridine rings is 1. The normalized spacial score (nSPS) is 20.4. The van der Waals surface area contributed by atoms with E-state index in [9.17, 15) is 34.8 Å². The summed E-state index contributed by atoms with van der Waals surface area (Å²) < 4.78 is 98.8. The Bertz CT molecular complexity index is 1300. The van der Waals surface area contributed by atoms with E-state index in [-0.39, 0.29) is 17.0 Å². The zero-order valence-corrected chi connectivity index (χ0v) is 23.9. The van der Waals surface area contributed by atoms with Gasteiger partial charge in [-0.15, -0.1) is 0 Å². The maximum Gasteiger partial charge on any atom is 0.490 e. The highest BCUT2D eigenvalue weighted by Crippen LogP contribution is 2.37. The highest BCUT2D eigenvalue weighted by atomic mass is 32.2. The number of hydrogen-bond acceptors (Lipinski definition) is 7. The zero-order chi connectivity index (χ0) is 32.6. The van der Waals surface area contributed by atoms with Crippen LogP contribution in [0.3, 0.4) is 0 Å². The summed E-state index contributed by atoms with van der Waals surface area (Å²) in [5.74, 6) is -4.47. The van der Waals surface area contributed by atoms with Crippen LogP contribution in [-0.2, 0) is 26.2 Å². The molecule has 1 aromatic carbocycles. The van der Waals surface area contributed by atoms with E-state index < -0.39 is 34.3 Å². The molecule has 0 unspecified atom stereocenters. The van der Waals surface area contributed by atoms with Crippen LogP contribution < -0.4 is 4.74 Å². The molecule has 0 bridgehead atoms. The smallest absolute Gasteiger partial charge is 0.487 e. The topological polar surface area (TPSA) is 137 Å². The minimum atomic E-state index is -5.08. The molecular formula is C26H31F6N3O7S. The number of fused-ring (bicyclic) bond motifs is 2. The molecule has 43 heavy (non-hydrogen) atoms. The zero-order valence-electron chi connectivity index (χ0n) is 23.0. The van der Waals surface area contributed by atoms with Gasteiger partial charge in [-0.2, -0.15) is 30.6 Å². The van der Waals surface area contributed by atoms with Gasteiger partial charge in [-0.05, 0) is 49.1 Å². The Balaban J connectivity index is 0.000000384. The average molecular weight is 644 g/mol. The van der Waals surface area contributed by atoms with E-state index in [1.54, 1.807) is 34.9 Å². The summed E-state index contributed by atoms with van der Waals surface area (Å²) in [6.45, 7) is 7.55. The van der Waals surface area contributed by atoms with Crippen molar-refractivity contribution in [1.29, 1.82) is 0 Å². The largest absolute Gasteiger partial charge is 0.490 e. The molecule has 0 spiro atoms. The lowest BCUT2D eigenvalue weighted by Gasteiger charge is -2.31. The van der Waals surface area contributed by atoms with E-state index in [0.717, 1.165) is 38.0 Å². The highest BCUT2D eigenvalue weighted by molar-refractivity contribution is 7.89. The first kappa shape index (κ1) is 35.8. The molecule has 0 aliphatic carbocycles. The number of sulfonamides is 1. The van der Waals surface area contributed by atoms with Crippen LogP contribution in [0.4, 0.5) is 26.3 Å². The van der Waals surface area contributed by atoms with E-state index >= 15 is 0 Å². The summed E-state index contributed by atoms with van der Waals surface area (Å²) in [6, 6.07) is 10.6. The molecule has 2 aliphatic heterocycles. The second-order valence-electron chi connectivity index (χ2n) is 9.96. The van der Waals surface area contributed by atoms with Crippen LogP contribution in [0, 0.1) is 5.92 Å². The van der Waals surface area contributed by atoms with Gasteiger partial charge in [0.05, 0.1) is 6.04 Å². The predicted molar refractivity (Wildman–Crippen MR) is 140 cm³/mol. The van der Waals surface area contributed by atoms with Crippen molar-refractivity contribution in [2.45, 2.75) is 62.6 Å². The Morgan fingerprint density at radius 3 is 2.05 bits per heavy atom. The lowest BCUT2D eigenvalue weighted by atomic mass is 10.1. The number of carbonyl (C=O) groups is 2. The summed E-state index contributed by atoms with van der Waals surface area (Å²) >= 11 is 0. The van der Waals surface area contributed by atoms with Crippen LogP contribution in [0.2, 0.25) is 0 Å². The number of aromatic nitrogens is 1. The van der Waals surface area contributed by atoms with Crippen LogP contribution in [0.15, 0.2) is 53.7 Å². The number of aliphatic carboxylic acids is 2. The van der Waals surface area contributed by atoms with Gasteiger partial charge in [0.2, 0.25) is 10.0 Å². The van der Waals surface area contributed by atoms with Gasteiger partial charge in [0.1, 0.15) is 16.7 Å². The predicted octanol–water partition coefficient (Wildman–Crippen LogP) is 4.42. The van der Waals surface area contributed by atoms with Gasteiger partial charge < -0.3 is 19.8 Å². The number of carboxylic acid groups (broad SMARTS) is 2. The Kier molecular flexibility index (Phi) is 12.3. The molecule has 2 aromatic rings. The number of benzene rings is 1. The van der Waals surface area contributed by atoms with Crippen molar-refractivity contribution in [3.63, 3.8) is 0 Å². The van der Waals surface area contributed by atoms with Gasteiger partial charge in [0.25, 0.3) is 0 Å². The van der Waals surface area contributed by atoms with E-state index in [1.165, 1.54) is 0 Å². The van der Waals surface area contributed by atoms with Crippen LogP contribution >= 0.6 is 0 Å². The third-order valence-corrected chi connectivity index (χ3v) is 8.06. The molecule has 2 N–H and O–H groups in total. The van der Waals surface area contributed by atoms with E-state index in [1.807, 2.05) is 18.2 Å². The summed E-state index contributed by atoms with van der Waals surface area (Å²) in [5.41, 5.74) is 0.887. The first-order chi connectivity index (χ1) is 19.8. The van der Waals surface area contributed by atoms with Crippen molar-refractivity contribution in [2.75, 3.05) is 19.6 Å². The molecule has 4 rings (SSSR count). The highest BCUT2D eigenvalue weighted by Gasteiger charge is 2.43. The van der Waals surface area contributed by atoms with Crippen LogP contribution in [0.1, 0.15) is 32.3 Å². The molecule has 0 amide bonds. The third kappa shape index (κ3) is 10.7. The Morgan fingerprint density at radius 2 is 1.53 bits per heavy atom. The lowest BCUT2D eigenvalue weighted by molar-refractivity contribution is -0.193. The van der Waals surface area contributed by atoms with Crippen molar-refractivity contribution in [1.82, 2.24) is 14.2 Å². The molecule has 0 saturated carbocycles. The number of alkyl halides is 6. The molecule has 3 heterocycles. The van der Waals surface area contributed by atoms with Gasteiger partial charge in [-0.25, -0.2) is 18.0 Å². The number of rotatable bonds is 4. The summed E-state index contributed by atoms with van der Waals surface area (Å²) in [6.07, 6.45) is -5.32. The third-order valence-electron chi connectivity index (χ3n) is 6.15. The molecule has 2 aliphatic rings. The molecule has 1 aromatic heterocycles. The monoisotopic (exact) mass is 643 g/mol. The first-order valence-corrected chi connectivity index (χ1v) is 14.3. The van der Waals surface area contributed by atoms with Gasteiger partial charge in [0.15, 0.2) is 0 Å². The van der Waals surface area contributed by atoms with Crippen molar-refractivity contribution in [2.24, 2.45) is 5.92 Å². The average Bonchev–Trinajstić information content (AvgIpc) is 3.13. The van der Waals surface area contributed by atoms with Gasteiger partial charge >= 0.3 is 24.3 Å². The van der Waals surface area contributed by atoms with Gasteiger partial charge in [-0.1, -0.05) is 32.0 Å². The molecule has 0 radical (unpaired) electrons. The summed E-state index contributed by atoms with van der Waals surface area (Å²) in [7, 11) is -3.68. The number of para-hydroxylation sites is 1. The Morgan fingerprint density at radius 1 is 0.977 bits per heavy atom. The van der Waals surface area contributed by atoms with E-state index in [0.29, 0.717) is 18.2 Å². The second kappa shape index (κ2) is 14.8. The summed E-state index contributed by atoms with van der Waals surface area (Å²) in [4.78, 5) is 24.7. The fourth-order valence-corrected chi connectivity index (χ4v) is 6.17. The number of ether oxygens (including phenoxy) is 1. The Labute approximate surface area is 243 Å². The van der Waals surface area contributed by atoms with Crippen LogP contribution in [0.25, 0.3) is 0 Å². The Hall–Kier alpha value is -3.44. The maximum absolute atomic E-state index is 13.7. The molecular weight excluding hydrogens is 612 g/mol. The first-order valence-electron chi connectivity index (χ1n) is 12.8. The number of halogens is 6. The number of likely N-dealkylation sites (tertiary alicyclic amines) is 1. The fourth-order valence-electron chi connectivity index (χ4n) is 4.38. The van der Waals surface area contributed by atoms with E-state index in [4.69, 9.17) is 24.5 Å². The lowest BCUT2D eigenvalue weighted by Crippen LogP contribution is -2.46. The second-order valence-corrected chi connectivity index (χ2v) is 11.8. The van der Waals surface area contributed by atoms with Crippen LogP contribution in [0.5, 0.6) is 5.75 Å². The van der Waals surface area contributed by atoms with Gasteiger partial charge in [-0.3, -0.25) is 4.98 Å². The van der Waals surface area contributed by atoms with Crippen molar-refractivity contribution >= 4 is 22.0 Å². The quantitative estimate of drug-likeness (QED) is 0.464. The maximum atomic E-state index is 13.7.